The van der Waals surface area contributed by atoms with Crippen LogP contribution in [0.4, 0.5) is 0 Å². The van der Waals surface area contributed by atoms with E-state index in [1.807, 2.05) is 23.1 Å². The largest absolute Gasteiger partial charge is 0.338 e. The molecule has 2 fully saturated rings. The molecule has 0 radical (unpaired) electrons. The van der Waals surface area contributed by atoms with Gasteiger partial charge in [-0.2, -0.15) is 0 Å². The number of nitrogens with two attached hydrogens (primary N) is 1. The van der Waals surface area contributed by atoms with E-state index in [1.165, 1.54) is 5.56 Å². The van der Waals surface area contributed by atoms with Gasteiger partial charge in [0.25, 0.3) is 0 Å². The van der Waals surface area contributed by atoms with E-state index in [9.17, 15) is 4.79 Å². The van der Waals surface area contributed by atoms with Crippen LogP contribution in [-0.2, 0) is 10.2 Å². The molecule has 0 aromatic heterocycles. The zero-order valence-electron chi connectivity index (χ0n) is 11.6. The molecule has 3 rings (SSSR count). The van der Waals surface area contributed by atoms with Gasteiger partial charge in [-0.1, -0.05) is 43.7 Å². The van der Waals surface area contributed by atoms with Crippen LogP contribution in [0.3, 0.4) is 0 Å². The normalized spacial score (nSPS) is 22.7. The van der Waals surface area contributed by atoms with Gasteiger partial charge in [0.15, 0.2) is 0 Å². The maximum atomic E-state index is 12.7. The average molecular weight is 258 g/mol. The van der Waals surface area contributed by atoms with Crippen molar-refractivity contribution >= 4 is 5.91 Å². The molecule has 1 aliphatic carbocycles. The van der Waals surface area contributed by atoms with Crippen molar-refractivity contribution in [1.29, 1.82) is 0 Å². The molecular formula is C16H22N2O. The average Bonchev–Trinajstić information content (AvgIpc) is 3.18. The van der Waals surface area contributed by atoms with Gasteiger partial charge in [-0.25, -0.2) is 0 Å². The van der Waals surface area contributed by atoms with Crippen molar-refractivity contribution in [2.45, 2.75) is 43.6 Å². The molecule has 1 aliphatic heterocycles. The van der Waals surface area contributed by atoms with Crippen molar-refractivity contribution in [2.24, 2.45) is 5.73 Å². The highest BCUT2D eigenvalue weighted by molar-refractivity contribution is 5.92. The summed E-state index contributed by atoms with van der Waals surface area (Å²) in [5, 5.41) is 0. The van der Waals surface area contributed by atoms with Gasteiger partial charge in [0.2, 0.25) is 5.91 Å². The second-order valence-corrected chi connectivity index (χ2v) is 6.22. The van der Waals surface area contributed by atoms with E-state index in [2.05, 4.69) is 19.1 Å². The van der Waals surface area contributed by atoms with Crippen molar-refractivity contribution in [2.75, 3.05) is 13.1 Å². The highest BCUT2D eigenvalue weighted by Crippen LogP contribution is 2.50. The minimum atomic E-state index is -0.227. The molecule has 0 bridgehead atoms. The zero-order chi connectivity index (χ0) is 13.5. The first kappa shape index (κ1) is 12.7. The molecule has 1 saturated heterocycles. The van der Waals surface area contributed by atoms with Crippen molar-refractivity contribution in [3.8, 4) is 0 Å². The monoisotopic (exact) mass is 258 g/mol. The number of carbonyl (C=O) groups is 1. The van der Waals surface area contributed by atoms with Crippen LogP contribution in [0.2, 0.25) is 0 Å². The molecule has 1 aromatic rings. The number of hydrogen-bond acceptors (Lipinski definition) is 2. The van der Waals surface area contributed by atoms with Gasteiger partial charge >= 0.3 is 0 Å². The van der Waals surface area contributed by atoms with Crippen LogP contribution in [0, 0.1) is 0 Å². The van der Waals surface area contributed by atoms with Crippen LogP contribution in [0.1, 0.15) is 38.2 Å². The quantitative estimate of drug-likeness (QED) is 0.898. The van der Waals surface area contributed by atoms with Crippen molar-refractivity contribution < 1.29 is 4.79 Å². The Bertz CT molecular complexity index is 473. The molecule has 2 aliphatic rings. The molecule has 1 saturated carbocycles. The summed E-state index contributed by atoms with van der Waals surface area (Å²) < 4.78 is 0. The predicted molar refractivity (Wildman–Crippen MR) is 75.8 cm³/mol. The highest BCUT2D eigenvalue weighted by Gasteiger charge is 2.56. The maximum absolute atomic E-state index is 12.7. The van der Waals surface area contributed by atoms with Crippen molar-refractivity contribution in [3.63, 3.8) is 0 Å². The van der Waals surface area contributed by atoms with Crippen LogP contribution >= 0.6 is 0 Å². The number of rotatable bonds is 4. The Morgan fingerprint density at radius 2 is 1.89 bits per heavy atom. The Hall–Kier alpha value is -1.35. The van der Waals surface area contributed by atoms with Gasteiger partial charge in [0.05, 0.1) is 11.0 Å². The van der Waals surface area contributed by atoms with E-state index in [0.717, 1.165) is 38.8 Å². The summed E-state index contributed by atoms with van der Waals surface area (Å²) in [5.74, 6) is 0.288. The number of likely N-dealkylation sites (tertiary alicyclic amines) is 1. The first-order valence-electron chi connectivity index (χ1n) is 7.23. The van der Waals surface area contributed by atoms with Crippen LogP contribution < -0.4 is 5.73 Å². The summed E-state index contributed by atoms with van der Waals surface area (Å²) in [6.07, 6.45) is 4.06. The van der Waals surface area contributed by atoms with E-state index >= 15 is 0 Å². The Balaban J connectivity index is 1.70. The topological polar surface area (TPSA) is 46.3 Å². The van der Waals surface area contributed by atoms with Gasteiger partial charge in [-0.3, -0.25) is 4.79 Å². The molecule has 0 atom stereocenters. The lowest BCUT2D eigenvalue weighted by Gasteiger charge is -2.49. The molecule has 1 heterocycles. The van der Waals surface area contributed by atoms with E-state index < -0.39 is 0 Å². The fourth-order valence-corrected chi connectivity index (χ4v) is 3.32. The third kappa shape index (κ3) is 2.06. The van der Waals surface area contributed by atoms with Crippen LogP contribution in [-0.4, -0.2) is 29.4 Å². The van der Waals surface area contributed by atoms with Crippen molar-refractivity contribution in [1.82, 2.24) is 4.90 Å². The first-order valence-corrected chi connectivity index (χ1v) is 7.23. The summed E-state index contributed by atoms with van der Waals surface area (Å²) in [6, 6.07) is 10.2. The maximum Gasteiger partial charge on any atom is 0.233 e. The minimum absolute atomic E-state index is 0.128. The summed E-state index contributed by atoms with van der Waals surface area (Å²) in [5.41, 5.74) is 7.07. The van der Waals surface area contributed by atoms with E-state index in [0.29, 0.717) is 0 Å². The molecule has 102 valence electrons. The smallest absolute Gasteiger partial charge is 0.233 e. The summed E-state index contributed by atoms with van der Waals surface area (Å²) >= 11 is 0. The van der Waals surface area contributed by atoms with E-state index in [-0.39, 0.29) is 16.9 Å². The lowest BCUT2D eigenvalue weighted by atomic mass is 9.84. The number of carbonyl (C=O) groups excluding carboxylic acids is 1. The predicted octanol–water partition coefficient (Wildman–Crippen LogP) is 2.06. The number of nitrogens with zero attached hydrogens (tertiary/aromatic N) is 1. The Morgan fingerprint density at radius 3 is 2.42 bits per heavy atom. The molecule has 3 nitrogen and oxygen atoms in total. The molecule has 19 heavy (non-hydrogen) atoms. The lowest BCUT2D eigenvalue weighted by molar-refractivity contribution is -0.141. The molecule has 0 unspecified atom stereocenters. The fourth-order valence-electron chi connectivity index (χ4n) is 3.32. The van der Waals surface area contributed by atoms with E-state index in [4.69, 9.17) is 5.73 Å². The molecule has 1 aromatic carbocycles. The number of hydrogen-bond donors (Lipinski definition) is 1. The first-order chi connectivity index (χ1) is 9.10. The molecule has 2 N–H and O–H groups in total. The van der Waals surface area contributed by atoms with Gasteiger partial charge in [-0.05, 0) is 24.8 Å². The zero-order valence-corrected chi connectivity index (χ0v) is 11.6. The molecule has 0 spiro atoms. The van der Waals surface area contributed by atoms with Crippen LogP contribution in [0.5, 0.6) is 0 Å². The lowest BCUT2D eigenvalue weighted by Crippen LogP contribution is -2.69. The summed E-state index contributed by atoms with van der Waals surface area (Å²) in [7, 11) is 0. The molecule has 3 heteroatoms. The Morgan fingerprint density at radius 1 is 1.26 bits per heavy atom. The fraction of sp³-hybridized carbons (Fsp3) is 0.562. The number of amides is 1. The second kappa shape index (κ2) is 4.34. The third-order valence-electron chi connectivity index (χ3n) is 4.53. The van der Waals surface area contributed by atoms with Gasteiger partial charge < -0.3 is 10.6 Å². The molecule has 1 amide bonds. The third-order valence-corrected chi connectivity index (χ3v) is 4.53. The van der Waals surface area contributed by atoms with Gasteiger partial charge in [-0.15, -0.1) is 0 Å². The van der Waals surface area contributed by atoms with Gasteiger partial charge in [0.1, 0.15) is 0 Å². The van der Waals surface area contributed by atoms with E-state index in [1.54, 1.807) is 0 Å². The van der Waals surface area contributed by atoms with Crippen molar-refractivity contribution in [3.05, 3.63) is 35.9 Å². The standard InChI is InChI=1S/C16H22N2O/c1-2-8-15(17)11-18(12-15)14(19)16(9-10-16)13-6-4-3-5-7-13/h3-7H,2,8-12,17H2,1H3. The van der Waals surface area contributed by atoms with Gasteiger partial charge in [0, 0.05) is 13.1 Å². The van der Waals surface area contributed by atoms with Crippen LogP contribution in [0.15, 0.2) is 30.3 Å². The van der Waals surface area contributed by atoms with Crippen LogP contribution in [0.25, 0.3) is 0 Å². The SMILES string of the molecule is CCCC1(N)CN(C(=O)C2(c3ccccc3)CC2)C1. The summed E-state index contributed by atoms with van der Waals surface area (Å²) in [6.45, 7) is 3.61. The number of benzene rings is 1. The second-order valence-electron chi connectivity index (χ2n) is 6.22. The summed E-state index contributed by atoms with van der Waals surface area (Å²) in [4.78, 5) is 14.6. The Kier molecular flexibility index (Phi) is 2.90. The molecular weight excluding hydrogens is 236 g/mol. The minimum Gasteiger partial charge on any atom is -0.338 e. The Labute approximate surface area is 114 Å². The highest BCUT2D eigenvalue weighted by atomic mass is 16.2.